The normalized spacial score (nSPS) is 19.2. The molecule has 0 amide bonds. The van der Waals surface area contributed by atoms with Gasteiger partial charge in [-0.1, -0.05) is 11.6 Å². The highest BCUT2D eigenvalue weighted by molar-refractivity contribution is 6.31. The number of halogens is 4. The average molecular weight is 279 g/mol. The molecular weight excluding hydrogens is 265 g/mol. The van der Waals surface area contributed by atoms with Crippen molar-refractivity contribution in [1.29, 1.82) is 0 Å². The zero-order valence-electron chi connectivity index (χ0n) is 9.67. The minimum absolute atomic E-state index is 0.161. The van der Waals surface area contributed by atoms with E-state index in [0.29, 0.717) is 26.2 Å². The Kier molecular flexibility index (Phi) is 4.48. The highest BCUT2D eigenvalue weighted by atomic mass is 35.5. The average Bonchev–Trinajstić information content (AvgIpc) is 2.35. The van der Waals surface area contributed by atoms with Crippen molar-refractivity contribution in [3.63, 3.8) is 0 Å². The van der Waals surface area contributed by atoms with Crippen LogP contribution in [0.15, 0.2) is 18.2 Å². The Bertz CT molecular complexity index is 408. The largest absolute Gasteiger partial charge is 0.314 e. The van der Waals surface area contributed by atoms with Gasteiger partial charge in [-0.3, -0.25) is 4.90 Å². The van der Waals surface area contributed by atoms with Crippen LogP contribution in [0, 0.1) is 5.82 Å². The summed E-state index contributed by atoms with van der Waals surface area (Å²) >= 11 is 5.91. The first-order valence-electron chi connectivity index (χ1n) is 5.77. The Hall–Kier alpha value is -0.780. The van der Waals surface area contributed by atoms with Crippen molar-refractivity contribution in [2.75, 3.05) is 26.2 Å². The highest BCUT2D eigenvalue weighted by Gasteiger charge is 2.31. The van der Waals surface area contributed by atoms with Gasteiger partial charge in [-0.25, -0.2) is 13.2 Å². The van der Waals surface area contributed by atoms with Gasteiger partial charge in [0.05, 0.1) is 6.04 Å². The second-order valence-electron chi connectivity index (χ2n) is 4.23. The van der Waals surface area contributed by atoms with Gasteiger partial charge in [0.2, 0.25) is 0 Å². The number of nitrogens with zero attached hydrogens (tertiary/aromatic N) is 1. The van der Waals surface area contributed by atoms with Crippen molar-refractivity contribution in [3.8, 4) is 0 Å². The summed E-state index contributed by atoms with van der Waals surface area (Å²) in [5.41, 5.74) is 0.161. The van der Waals surface area contributed by atoms with Crippen LogP contribution >= 0.6 is 11.6 Å². The summed E-state index contributed by atoms with van der Waals surface area (Å²) in [4.78, 5) is 1.64. The molecule has 1 atom stereocenters. The van der Waals surface area contributed by atoms with Crippen LogP contribution in [-0.4, -0.2) is 37.5 Å². The van der Waals surface area contributed by atoms with Crippen LogP contribution < -0.4 is 5.32 Å². The molecular formula is C12H14ClF3N2. The van der Waals surface area contributed by atoms with Gasteiger partial charge in [0.15, 0.2) is 0 Å². The molecule has 100 valence electrons. The van der Waals surface area contributed by atoms with Crippen LogP contribution in [0.4, 0.5) is 13.2 Å². The lowest BCUT2D eigenvalue weighted by Crippen LogP contribution is -2.47. The van der Waals surface area contributed by atoms with Crippen LogP contribution in [0.25, 0.3) is 0 Å². The van der Waals surface area contributed by atoms with Crippen LogP contribution in [0.2, 0.25) is 5.02 Å². The van der Waals surface area contributed by atoms with Gasteiger partial charge in [-0.2, -0.15) is 0 Å². The molecule has 6 heteroatoms. The first kappa shape index (κ1) is 13.6. The fraction of sp³-hybridized carbons (Fsp3) is 0.500. The second kappa shape index (κ2) is 5.91. The van der Waals surface area contributed by atoms with Crippen molar-refractivity contribution < 1.29 is 13.2 Å². The lowest BCUT2D eigenvalue weighted by Gasteiger charge is -2.35. The summed E-state index contributed by atoms with van der Waals surface area (Å²) in [6.45, 7) is 2.30. The van der Waals surface area contributed by atoms with Gasteiger partial charge in [0.1, 0.15) is 5.82 Å². The molecule has 1 heterocycles. The van der Waals surface area contributed by atoms with Crippen molar-refractivity contribution in [1.82, 2.24) is 10.2 Å². The summed E-state index contributed by atoms with van der Waals surface area (Å²) in [5.74, 6) is -0.546. The highest BCUT2D eigenvalue weighted by Crippen LogP contribution is 2.33. The molecule has 1 aromatic rings. The molecule has 1 saturated heterocycles. The van der Waals surface area contributed by atoms with E-state index in [-0.39, 0.29) is 10.6 Å². The molecule has 2 rings (SSSR count). The fourth-order valence-corrected chi connectivity index (χ4v) is 2.42. The maximum Gasteiger partial charge on any atom is 0.258 e. The van der Waals surface area contributed by atoms with E-state index in [9.17, 15) is 13.2 Å². The molecule has 1 fully saturated rings. The molecule has 1 N–H and O–H groups in total. The van der Waals surface area contributed by atoms with E-state index in [4.69, 9.17) is 11.6 Å². The molecule has 0 bridgehead atoms. The third-order valence-corrected chi connectivity index (χ3v) is 3.40. The van der Waals surface area contributed by atoms with E-state index in [1.807, 2.05) is 0 Å². The summed E-state index contributed by atoms with van der Waals surface area (Å²) in [6, 6.07) is 2.45. The van der Waals surface area contributed by atoms with Gasteiger partial charge >= 0.3 is 0 Å². The van der Waals surface area contributed by atoms with Crippen LogP contribution in [-0.2, 0) is 0 Å². The van der Waals surface area contributed by atoms with Crippen LogP contribution in [0.3, 0.4) is 0 Å². The number of hydrogen-bond acceptors (Lipinski definition) is 2. The van der Waals surface area contributed by atoms with Gasteiger partial charge in [0, 0.05) is 31.2 Å². The maximum absolute atomic E-state index is 13.2. The summed E-state index contributed by atoms with van der Waals surface area (Å²) in [7, 11) is 0. The molecule has 1 aliphatic heterocycles. The molecule has 2 nitrogen and oxygen atoms in total. The number of alkyl halides is 2. The SMILES string of the molecule is Fc1ccc(Cl)c([C@@H](C(F)F)N2CCNCC2)c1. The molecule has 0 spiro atoms. The van der Waals surface area contributed by atoms with E-state index in [2.05, 4.69) is 5.32 Å². The van der Waals surface area contributed by atoms with Crippen LogP contribution in [0.1, 0.15) is 11.6 Å². The minimum atomic E-state index is -2.60. The quantitative estimate of drug-likeness (QED) is 0.914. The predicted octanol–water partition coefficient (Wildman–Crippen LogP) is 2.69. The van der Waals surface area contributed by atoms with Gasteiger partial charge < -0.3 is 5.32 Å². The van der Waals surface area contributed by atoms with Crippen molar-refractivity contribution in [3.05, 3.63) is 34.6 Å². The number of nitrogens with one attached hydrogen (secondary N) is 1. The molecule has 0 radical (unpaired) electrons. The Morgan fingerprint density at radius 2 is 1.89 bits per heavy atom. The van der Waals surface area contributed by atoms with Crippen molar-refractivity contribution in [2.24, 2.45) is 0 Å². The Balaban J connectivity index is 2.31. The van der Waals surface area contributed by atoms with Crippen LogP contribution in [0.5, 0.6) is 0 Å². The van der Waals surface area contributed by atoms with Crippen molar-refractivity contribution >= 4 is 11.6 Å². The standard InChI is InChI=1S/C12H14ClF3N2/c13-10-2-1-8(14)7-9(10)11(12(15)16)18-5-3-17-4-6-18/h1-2,7,11-12,17H,3-6H2/t11-/m0/s1. The molecule has 1 aromatic carbocycles. The first-order valence-corrected chi connectivity index (χ1v) is 6.15. The second-order valence-corrected chi connectivity index (χ2v) is 4.64. The number of piperazine rings is 1. The molecule has 1 aliphatic rings. The molecule has 0 unspecified atom stereocenters. The zero-order valence-corrected chi connectivity index (χ0v) is 10.4. The number of rotatable bonds is 3. The monoisotopic (exact) mass is 278 g/mol. The molecule has 0 aliphatic carbocycles. The molecule has 0 saturated carbocycles. The smallest absolute Gasteiger partial charge is 0.258 e. The summed E-state index contributed by atoms with van der Waals surface area (Å²) in [6.07, 6.45) is -2.60. The van der Waals surface area contributed by atoms with Gasteiger partial charge in [0.25, 0.3) is 6.43 Å². The molecule has 18 heavy (non-hydrogen) atoms. The Morgan fingerprint density at radius 1 is 1.22 bits per heavy atom. The van der Waals surface area contributed by atoms with E-state index < -0.39 is 18.3 Å². The van der Waals surface area contributed by atoms with Gasteiger partial charge in [-0.05, 0) is 23.8 Å². The molecule has 0 aromatic heterocycles. The fourth-order valence-electron chi connectivity index (χ4n) is 2.19. The lowest BCUT2D eigenvalue weighted by molar-refractivity contribution is 0.0181. The van der Waals surface area contributed by atoms with Gasteiger partial charge in [-0.15, -0.1) is 0 Å². The minimum Gasteiger partial charge on any atom is -0.314 e. The topological polar surface area (TPSA) is 15.3 Å². The third kappa shape index (κ3) is 2.96. The van der Waals surface area contributed by atoms with E-state index >= 15 is 0 Å². The van der Waals surface area contributed by atoms with E-state index in [0.717, 1.165) is 6.07 Å². The van der Waals surface area contributed by atoms with Crippen molar-refractivity contribution in [2.45, 2.75) is 12.5 Å². The van der Waals surface area contributed by atoms with E-state index in [1.54, 1.807) is 4.90 Å². The Morgan fingerprint density at radius 3 is 2.50 bits per heavy atom. The maximum atomic E-state index is 13.2. The lowest BCUT2D eigenvalue weighted by atomic mass is 10.0. The Labute approximate surface area is 109 Å². The summed E-state index contributed by atoms with van der Waals surface area (Å²) in [5, 5.41) is 3.27. The summed E-state index contributed by atoms with van der Waals surface area (Å²) < 4.78 is 39.7. The van der Waals surface area contributed by atoms with E-state index in [1.165, 1.54) is 12.1 Å². The first-order chi connectivity index (χ1) is 8.59. The predicted molar refractivity (Wildman–Crippen MR) is 64.6 cm³/mol. The zero-order chi connectivity index (χ0) is 13.1. The third-order valence-electron chi connectivity index (χ3n) is 3.06. The number of hydrogen-bond donors (Lipinski definition) is 1. The number of benzene rings is 1.